The average molecular weight is 277 g/mol. The highest BCUT2D eigenvalue weighted by molar-refractivity contribution is 5.81. The van der Waals surface area contributed by atoms with E-state index in [9.17, 15) is 9.18 Å². The summed E-state index contributed by atoms with van der Waals surface area (Å²) >= 11 is 0. The number of carbonyl (C=O) groups is 1. The maximum atomic E-state index is 12.8. The number of fused-ring (bicyclic) bond motifs is 2. The summed E-state index contributed by atoms with van der Waals surface area (Å²) < 4.78 is 18.3. The number of nitrogens with one attached hydrogen (secondary N) is 1. The van der Waals surface area contributed by atoms with Crippen LogP contribution in [0.3, 0.4) is 0 Å². The second-order valence-electron chi connectivity index (χ2n) is 6.00. The highest BCUT2D eigenvalue weighted by atomic mass is 19.1. The molecule has 1 aromatic rings. The van der Waals surface area contributed by atoms with Gasteiger partial charge in [0.1, 0.15) is 11.6 Å². The zero-order valence-corrected chi connectivity index (χ0v) is 11.6. The van der Waals surface area contributed by atoms with Crippen LogP contribution < -0.4 is 10.1 Å². The maximum absolute atomic E-state index is 12.8. The van der Waals surface area contributed by atoms with E-state index in [1.54, 1.807) is 6.92 Å². The molecule has 0 heterocycles. The summed E-state index contributed by atoms with van der Waals surface area (Å²) in [7, 11) is 0. The van der Waals surface area contributed by atoms with Crippen LogP contribution in [-0.4, -0.2) is 18.1 Å². The third-order valence-electron chi connectivity index (χ3n) is 4.56. The molecule has 20 heavy (non-hydrogen) atoms. The van der Waals surface area contributed by atoms with E-state index in [-0.39, 0.29) is 11.7 Å². The Balaban J connectivity index is 1.53. The van der Waals surface area contributed by atoms with Crippen LogP contribution >= 0.6 is 0 Å². The molecule has 0 aromatic heterocycles. The van der Waals surface area contributed by atoms with Gasteiger partial charge in [-0.15, -0.1) is 0 Å². The molecule has 4 atom stereocenters. The van der Waals surface area contributed by atoms with Gasteiger partial charge in [0.2, 0.25) is 0 Å². The summed E-state index contributed by atoms with van der Waals surface area (Å²) in [5.41, 5.74) is 0. The van der Waals surface area contributed by atoms with Crippen LogP contribution in [0.2, 0.25) is 0 Å². The summed E-state index contributed by atoms with van der Waals surface area (Å²) in [6, 6.07) is 6.06. The number of amides is 1. The maximum Gasteiger partial charge on any atom is 0.261 e. The summed E-state index contributed by atoms with van der Waals surface area (Å²) in [4.78, 5) is 12.1. The van der Waals surface area contributed by atoms with E-state index >= 15 is 0 Å². The van der Waals surface area contributed by atoms with E-state index in [1.165, 1.54) is 43.5 Å². The molecule has 1 amide bonds. The third-order valence-corrected chi connectivity index (χ3v) is 4.56. The number of hydrogen-bond acceptors (Lipinski definition) is 2. The van der Waals surface area contributed by atoms with Gasteiger partial charge in [-0.1, -0.05) is 6.42 Å². The minimum atomic E-state index is -0.556. The number of hydrogen-bond donors (Lipinski definition) is 1. The van der Waals surface area contributed by atoms with Crippen LogP contribution in [0, 0.1) is 17.7 Å². The third kappa shape index (κ3) is 2.79. The first-order chi connectivity index (χ1) is 9.61. The highest BCUT2D eigenvalue weighted by Crippen LogP contribution is 2.44. The van der Waals surface area contributed by atoms with Crippen molar-refractivity contribution < 1.29 is 13.9 Å². The van der Waals surface area contributed by atoms with Crippen molar-refractivity contribution in [2.45, 2.75) is 44.8 Å². The first-order valence-electron chi connectivity index (χ1n) is 7.34. The zero-order valence-electron chi connectivity index (χ0n) is 11.6. The van der Waals surface area contributed by atoms with Gasteiger partial charge in [0.25, 0.3) is 5.91 Å². The molecule has 2 fully saturated rings. The molecule has 2 saturated carbocycles. The van der Waals surface area contributed by atoms with E-state index in [2.05, 4.69) is 5.32 Å². The Morgan fingerprint density at radius 3 is 2.65 bits per heavy atom. The Labute approximate surface area is 118 Å². The van der Waals surface area contributed by atoms with Gasteiger partial charge < -0.3 is 10.1 Å². The van der Waals surface area contributed by atoms with Gasteiger partial charge in [-0.05, 0) is 62.3 Å². The molecule has 3 nitrogen and oxygen atoms in total. The van der Waals surface area contributed by atoms with Gasteiger partial charge in [0, 0.05) is 6.04 Å². The molecule has 2 aliphatic rings. The van der Waals surface area contributed by atoms with Gasteiger partial charge in [0.15, 0.2) is 6.10 Å². The van der Waals surface area contributed by atoms with Crippen molar-refractivity contribution in [3.05, 3.63) is 30.1 Å². The molecule has 2 aliphatic carbocycles. The van der Waals surface area contributed by atoms with Crippen LogP contribution in [0.15, 0.2) is 24.3 Å². The predicted octanol–water partition coefficient (Wildman–Crippen LogP) is 2.90. The fourth-order valence-corrected chi connectivity index (χ4v) is 3.49. The molecule has 4 unspecified atom stereocenters. The summed E-state index contributed by atoms with van der Waals surface area (Å²) in [5, 5.41) is 3.10. The molecule has 0 saturated heterocycles. The second-order valence-corrected chi connectivity index (χ2v) is 6.00. The SMILES string of the molecule is CC(Oc1ccc(F)cc1)C(=O)NC1CC2CCC1C2. The largest absolute Gasteiger partial charge is 0.481 e. The van der Waals surface area contributed by atoms with Crippen molar-refractivity contribution >= 4 is 5.91 Å². The van der Waals surface area contributed by atoms with Gasteiger partial charge in [0.05, 0.1) is 0 Å². The van der Waals surface area contributed by atoms with E-state index in [4.69, 9.17) is 4.74 Å². The van der Waals surface area contributed by atoms with Crippen molar-refractivity contribution in [1.82, 2.24) is 5.32 Å². The van der Waals surface area contributed by atoms with Crippen LogP contribution in [0.25, 0.3) is 0 Å². The molecule has 0 radical (unpaired) electrons. The Kier molecular flexibility index (Phi) is 3.64. The van der Waals surface area contributed by atoms with Crippen LogP contribution in [-0.2, 0) is 4.79 Å². The molecule has 1 N–H and O–H groups in total. The number of carbonyl (C=O) groups excluding carboxylic acids is 1. The van der Waals surface area contributed by atoms with Crippen molar-refractivity contribution in [3.63, 3.8) is 0 Å². The molecular weight excluding hydrogens is 257 g/mol. The topological polar surface area (TPSA) is 38.3 Å². The predicted molar refractivity (Wildman–Crippen MR) is 73.9 cm³/mol. The lowest BCUT2D eigenvalue weighted by molar-refractivity contribution is -0.128. The lowest BCUT2D eigenvalue weighted by Crippen LogP contribution is -2.44. The van der Waals surface area contributed by atoms with Gasteiger partial charge in [-0.25, -0.2) is 4.39 Å². The molecule has 3 rings (SSSR count). The molecule has 0 spiro atoms. The van der Waals surface area contributed by atoms with Crippen molar-refractivity contribution in [2.75, 3.05) is 0 Å². The minimum Gasteiger partial charge on any atom is -0.481 e. The van der Waals surface area contributed by atoms with Gasteiger partial charge >= 0.3 is 0 Å². The number of rotatable bonds is 4. The fourth-order valence-electron chi connectivity index (χ4n) is 3.49. The van der Waals surface area contributed by atoms with Crippen molar-refractivity contribution in [2.24, 2.45) is 11.8 Å². The standard InChI is InChI=1S/C16H20FNO2/c1-10(20-14-6-4-13(17)5-7-14)16(19)18-15-9-11-2-3-12(15)8-11/h4-7,10-12,15H,2-3,8-9H2,1H3,(H,18,19). The lowest BCUT2D eigenvalue weighted by atomic mass is 9.95. The van der Waals surface area contributed by atoms with Crippen molar-refractivity contribution in [3.8, 4) is 5.75 Å². The monoisotopic (exact) mass is 277 g/mol. The quantitative estimate of drug-likeness (QED) is 0.919. The highest BCUT2D eigenvalue weighted by Gasteiger charge is 2.40. The molecule has 4 heteroatoms. The van der Waals surface area contributed by atoms with E-state index in [1.807, 2.05) is 0 Å². The Bertz CT molecular complexity index is 488. The summed E-state index contributed by atoms with van der Waals surface area (Å²) in [6.07, 6.45) is 4.37. The summed E-state index contributed by atoms with van der Waals surface area (Å²) in [6.45, 7) is 1.73. The smallest absolute Gasteiger partial charge is 0.261 e. The first kappa shape index (κ1) is 13.4. The molecule has 0 aliphatic heterocycles. The first-order valence-corrected chi connectivity index (χ1v) is 7.34. The normalized spacial score (nSPS) is 29.2. The lowest BCUT2D eigenvalue weighted by Gasteiger charge is -2.24. The zero-order chi connectivity index (χ0) is 14.1. The minimum absolute atomic E-state index is 0.0770. The summed E-state index contributed by atoms with van der Waals surface area (Å²) in [5.74, 6) is 1.59. The Morgan fingerprint density at radius 1 is 1.30 bits per heavy atom. The number of halogens is 1. The van der Waals surface area contributed by atoms with E-state index in [0.717, 1.165) is 12.3 Å². The van der Waals surface area contributed by atoms with Crippen molar-refractivity contribution in [1.29, 1.82) is 0 Å². The fraction of sp³-hybridized carbons (Fsp3) is 0.562. The molecule has 108 valence electrons. The van der Waals surface area contributed by atoms with Crippen LogP contribution in [0.5, 0.6) is 5.75 Å². The van der Waals surface area contributed by atoms with Crippen LogP contribution in [0.4, 0.5) is 4.39 Å². The molecule has 1 aromatic carbocycles. The number of benzene rings is 1. The molecule has 2 bridgehead atoms. The Hall–Kier alpha value is -1.58. The average Bonchev–Trinajstić information content (AvgIpc) is 3.03. The Morgan fingerprint density at radius 2 is 2.05 bits per heavy atom. The van der Waals surface area contributed by atoms with Gasteiger partial charge in [-0.3, -0.25) is 4.79 Å². The van der Waals surface area contributed by atoms with Gasteiger partial charge in [-0.2, -0.15) is 0 Å². The number of ether oxygens (including phenoxy) is 1. The molecular formula is C16H20FNO2. The van der Waals surface area contributed by atoms with E-state index < -0.39 is 6.10 Å². The van der Waals surface area contributed by atoms with Crippen LogP contribution in [0.1, 0.15) is 32.6 Å². The van der Waals surface area contributed by atoms with E-state index in [0.29, 0.717) is 17.7 Å². The second kappa shape index (κ2) is 5.43.